The van der Waals surface area contributed by atoms with Gasteiger partial charge in [0.25, 0.3) is 5.91 Å². The predicted molar refractivity (Wildman–Crippen MR) is 95.5 cm³/mol. The summed E-state index contributed by atoms with van der Waals surface area (Å²) in [5.74, 6) is -0.736. The zero-order valence-corrected chi connectivity index (χ0v) is 13.4. The van der Waals surface area contributed by atoms with E-state index in [4.69, 9.17) is 4.42 Å². The summed E-state index contributed by atoms with van der Waals surface area (Å²) in [5.41, 5.74) is 2.22. The zero-order chi connectivity index (χ0) is 18.1. The number of anilines is 1. The van der Waals surface area contributed by atoms with E-state index in [1.165, 1.54) is 24.3 Å². The first-order chi connectivity index (χ1) is 12.6. The van der Waals surface area contributed by atoms with Crippen molar-refractivity contribution in [3.05, 3.63) is 78.1 Å². The average Bonchev–Trinajstić information content (AvgIpc) is 3.07. The van der Waals surface area contributed by atoms with E-state index in [9.17, 15) is 14.3 Å². The second-order valence-electron chi connectivity index (χ2n) is 5.68. The summed E-state index contributed by atoms with van der Waals surface area (Å²) >= 11 is 0. The van der Waals surface area contributed by atoms with Crippen LogP contribution in [0.5, 0.6) is 5.75 Å². The lowest BCUT2D eigenvalue weighted by Gasteiger charge is -2.08. The van der Waals surface area contributed by atoms with Gasteiger partial charge in [-0.3, -0.25) is 4.79 Å². The van der Waals surface area contributed by atoms with E-state index in [0.717, 1.165) is 6.07 Å². The van der Waals surface area contributed by atoms with Crippen LogP contribution in [0.3, 0.4) is 0 Å². The molecule has 0 radical (unpaired) electrons. The number of aromatic nitrogens is 1. The van der Waals surface area contributed by atoms with Crippen molar-refractivity contribution in [2.45, 2.75) is 0 Å². The molecular weight excluding hydrogens is 335 g/mol. The Morgan fingerprint density at radius 2 is 1.88 bits per heavy atom. The number of hydrogen-bond donors (Lipinski definition) is 2. The largest absolute Gasteiger partial charge is 0.507 e. The zero-order valence-electron chi connectivity index (χ0n) is 13.4. The second-order valence-corrected chi connectivity index (χ2v) is 5.68. The van der Waals surface area contributed by atoms with Gasteiger partial charge >= 0.3 is 0 Å². The number of aromatic hydroxyl groups is 1. The molecule has 5 nitrogen and oxygen atoms in total. The maximum absolute atomic E-state index is 13.3. The number of phenolic OH excluding ortho intramolecular Hbond substituents is 1. The molecule has 1 amide bonds. The number of rotatable bonds is 3. The van der Waals surface area contributed by atoms with Crippen molar-refractivity contribution in [2.75, 3.05) is 5.32 Å². The van der Waals surface area contributed by atoms with Gasteiger partial charge in [-0.2, -0.15) is 0 Å². The molecule has 0 unspecified atom stereocenters. The summed E-state index contributed by atoms with van der Waals surface area (Å²) in [5, 5.41) is 12.8. The van der Waals surface area contributed by atoms with Gasteiger partial charge in [-0.25, -0.2) is 9.37 Å². The van der Waals surface area contributed by atoms with Crippen LogP contribution < -0.4 is 5.32 Å². The highest BCUT2D eigenvalue weighted by atomic mass is 19.1. The lowest BCUT2D eigenvalue weighted by Crippen LogP contribution is -2.12. The topological polar surface area (TPSA) is 75.4 Å². The van der Waals surface area contributed by atoms with Crippen LogP contribution in [0, 0.1) is 5.82 Å². The van der Waals surface area contributed by atoms with E-state index in [2.05, 4.69) is 10.3 Å². The Morgan fingerprint density at radius 3 is 2.69 bits per heavy atom. The van der Waals surface area contributed by atoms with E-state index in [1.54, 1.807) is 24.3 Å². The lowest BCUT2D eigenvalue weighted by atomic mass is 10.1. The van der Waals surface area contributed by atoms with E-state index >= 15 is 0 Å². The summed E-state index contributed by atoms with van der Waals surface area (Å²) < 4.78 is 18.9. The van der Waals surface area contributed by atoms with Crippen LogP contribution in [0.25, 0.3) is 22.6 Å². The fraction of sp³-hybridized carbons (Fsp3) is 0. The van der Waals surface area contributed by atoms with Gasteiger partial charge in [0.05, 0.1) is 5.56 Å². The Bertz CT molecular complexity index is 1090. The van der Waals surface area contributed by atoms with Crippen molar-refractivity contribution in [1.82, 2.24) is 4.98 Å². The van der Waals surface area contributed by atoms with Crippen molar-refractivity contribution in [1.29, 1.82) is 0 Å². The number of phenols is 1. The quantitative estimate of drug-likeness (QED) is 0.531. The summed E-state index contributed by atoms with van der Waals surface area (Å²) in [6, 6.07) is 17.2. The number of carbonyl (C=O) groups is 1. The monoisotopic (exact) mass is 348 g/mol. The smallest absolute Gasteiger partial charge is 0.255 e. The number of fused-ring (bicyclic) bond motifs is 1. The van der Waals surface area contributed by atoms with E-state index in [-0.39, 0.29) is 17.2 Å². The molecule has 4 aromatic rings. The van der Waals surface area contributed by atoms with Crippen LogP contribution >= 0.6 is 0 Å². The third-order valence-corrected chi connectivity index (χ3v) is 3.87. The highest BCUT2D eigenvalue weighted by Crippen LogP contribution is 2.33. The first kappa shape index (κ1) is 15.8. The van der Waals surface area contributed by atoms with Gasteiger partial charge in [-0.05, 0) is 48.5 Å². The Hall–Kier alpha value is -3.67. The van der Waals surface area contributed by atoms with Crippen LogP contribution in [0.2, 0.25) is 0 Å². The SMILES string of the molecule is O=C(Nc1ccc(O)c(-c2nc3ccccc3o2)c1)c1cccc(F)c1. The molecule has 128 valence electrons. The number of nitrogens with zero attached hydrogens (tertiary/aromatic N) is 1. The highest BCUT2D eigenvalue weighted by molar-refractivity contribution is 6.04. The average molecular weight is 348 g/mol. The molecule has 6 heteroatoms. The molecule has 0 aliphatic heterocycles. The minimum Gasteiger partial charge on any atom is -0.507 e. The Balaban J connectivity index is 1.67. The van der Waals surface area contributed by atoms with Crippen molar-refractivity contribution < 1.29 is 18.7 Å². The Morgan fingerprint density at radius 1 is 1.04 bits per heavy atom. The molecule has 2 N–H and O–H groups in total. The van der Waals surface area contributed by atoms with Crippen LogP contribution in [0.4, 0.5) is 10.1 Å². The standard InChI is InChI=1S/C20H13FN2O3/c21-13-5-3-4-12(10-13)19(25)22-14-8-9-17(24)15(11-14)20-23-16-6-1-2-7-18(16)26-20/h1-11,24H,(H,22,25). The number of carbonyl (C=O) groups excluding carboxylic acids is 1. The molecule has 0 aliphatic rings. The molecule has 0 bridgehead atoms. The molecule has 0 aliphatic carbocycles. The summed E-state index contributed by atoms with van der Waals surface area (Å²) in [4.78, 5) is 16.6. The number of amides is 1. The number of nitrogens with one attached hydrogen (secondary N) is 1. The number of para-hydroxylation sites is 2. The summed E-state index contributed by atoms with van der Waals surface area (Å²) in [6.07, 6.45) is 0. The van der Waals surface area contributed by atoms with Crippen LogP contribution in [0.15, 0.2) is 71.1 Å². The highest BCUT2D eigenvalue weighted by Gasteiger charge is 2.14. The van der Waals surface area contributed by atoms with Crippen LogP contribution in [0.1, 0.15) is 10.4 Å². The van der Waals surface area contributed by atoms with Gasteiger partial charge in [0, 0.05) is 11.3 Å². The van der Waals surface area contributed by atoms with E-state index in [1.807, 2.05) is 12.1 Å². The minimum atomic E-state index is -0.490. The molecular formula is C20H13FN2O3. The van der Waals surface area contributed by atoms with Crippen molar-refractivity contribution >= 4 is 22.7 Å². The molecule has 0 fully saturated rings. The van der Waals surface area contributed by atoms with Crippen LogP contribution in [-0.4, -0.2) is 16.0 Å². The van der Waals surface area contributed by atoms with Crippen molar-refractivity contribution in [3.8, 4) is 17.2 Å². The maximum Gasteiger partial charge on any atom is 0.255 e. The van der Waals surface area contributed by atoms with Gasteiger partial charge in [-0.1, -0.05) is 18.2 Å². The normalized spacial score (nSPS) is 10.8. The summed E-state index contributed by atoms with van der Waals surface area (Å²) in [7, 11) is 0. The van der Waals surface area contributed by atoms with Gasteiger partial charge in [-0.15, -0.1) is 0 Å². The fourth-order valence-electron chi connectivity index (χ4n) is 2.61. The van der Waals surface area contributed by atoms with Crippen LogP contribution in [-0.2, 0) is 0 Å². The summed E-state index contributed by atoms with van der Waals surface area (Å²) in [6.45, 7) is 0. The Labute approximate surface area is 147 Å². The third-order valence-electron chi connectivity index (χ3n) is 3.87. The molecule has 0 saturated carbocycles. The maximum atomic E-state index is 13.3. The number of oxazole rings is 1. The number of hydrogen-bond acceptors (Lipinski definition) is 4. The van der Waals surface area contributed by atoms with E-state index in [0.29, 0.717) is 22.4 Å². The first-order valence-electron chi connectivity index (χ1n) is 7.86. The second kappa shape index (κ2) is 6.33. The third kappa shape index (κ3) is 3.00. The molecule has 3 aromatic carbocycles. The molecule has 0 spiro atoms. The molecule has 4 rings (SSSR count). The molecule has 0 atom stereocenters. The van der Waals surface area contributed by atoms with Gasteiger partial charge in [0.15, 0.2) is 5.58 Å². The minimum absolute atomic E-state index is 0.0275. The Kier molecular flexibility index (Phi) is 3.85. The van der Waals surface area contributed by atoms with Gasteiger partial charge in [0.1, 0.15) is 17.1 Å². The number of halogens is 1. The number of benzene rings is 3. The first-order valence-corrected chi connectivity index (χ1v) is 7.86. The molecule has 1 heterocycles. The lowest BCUT2D eigenvalue weighted by molar-refractivity contribution is 0.102. The van der Waals surface area contributed by atoms with Gasteiger partial charge < -0.3 is 14.8 Å². The molecule has 1 aromatic heterocycles. The predicted octanol–water partition coefficient (Wildman–Crippen LogP) is 4.59. The fourth-order valence-corrected chi connectivity index (χ4v) is 2.61. The van der Waals surface area contributed by atoms with E-state index < -0.39 is 11.7 Å². The van der Waals surface area contributed by atoms with Gasteiger partial charge in [0.2, 0.25) is 5.89 Å². The van der Waals surface area contributed by atoms with Crippen molar-refractivity contribution in [3.63, 3.8) is 0 Å². The van der Waals surface area contributed by atoms with Crippen molar-refractivity contribution in [2.24, 2.45) is 0 Å². The molecule has 0 saturated heterocycles. The molecule has 26 heavy (non-hydrogen) atoms.